The summed E-state index contributed by atoms with van der Waals surface area (Å²) >= 11 is 0. The fourth-order valence-electron chi connectivity index (χ4n) is 1.64. The van der Waals surface area contributed by atoms with Gasteiger partial charge in [0.2, 0.25) is 10.0 Å². The summed E-state index contributed by atoms with van der Waals surface area (Å²) in [6.07, 6.45) is 0. The number of nitrogens with zero attached hydrogens (tertiary/aromatic N) is 1. The van der Waals surface area contributed by atoms with Gasteiger partial charge in [0.05, 0.1) is 0 Å². The Morgan fingerprint density at radius 2 is 1.58 bits per heavy atom. The van der Waals surface area contributed by atoms with Crippen molar-refractivity contribution in [3.05, 3.63) is 24.3 Å². The third-order valence-corrected chi connectivity index (χ3v) is 5.81. The largest absolute Gasteiger partial charge is 0.262 e. The van der Waals surface area contributed by atoms with E-state index in [1.807, 2.05) is 13.8 Å². The maximum absolute atomic E-state index is 12.3. The molecular weight excluding hydrogens is 310 g/mol. The van der Waals surface area contributed by atoms with Gasteiger partial charge in [-0.25, -0.2) is 21.1 Å². The number of benzene rings is 1. The first-order valence-corrected chi connectivity index (χ1v) is 9.31. The van der Waals surface area contributed by atoms with Crippen LogP contribution in [0.3, 0.4) is 0 Å². The van der Waals surface area contributed by atoms with Gasteiger partial charge in [-0.15, -0.1) is 0 Å². The SMILES string of the molecule is CC(C)CN(C)S(=O)(=O)c1ccccc1S(=O)(=O)Cl. The van der Waals surface area contributed by atoms with E-state index >= 15 is 0 Å². The molecule has 0 saturated carbocycles. The number of hydrogen-bond acceptors (Lipinski definition) is 4. The molecule has 0 N–H and O–H groups in total. The van der Waals surface area contributed by atoms with Crippen LogP contribution in [0.25, 0.3) is 0 Å². The first-order chi connectivity index (χ1) is 8.56. The lowest BCUT2D eigenvalue weighted by molar-refractivity contribution is 0.416. The Morgan fingerprint density at radius 3 is 2.00 bits per heavy atom. The molecule has 0 spiro atoms. The van der Waals surface area contributed by atoms with E-state index in [9.17, 15) is 16.8 Å². The van der Waals surface area contributed by atoms with Crippen LogP contribution >= 0.6 is 10.7 Å². The van der Waals surface area contributed by atoms with Crippen molar-refractivity contribution in [1.82, 2.24) is 4.31 Å². The van der Waals surface area contributed by atoms with Gasteiger partial charge in [-0.1, -0.05) is 26.0 Å². The van der Waals surface area contributed by atoms with Crippen molar-refractivity contribution in [1.29, 1.82) is 0 Å². The molecule has 0 heterocycles. The molecule has 1 aromatic rings. The first kappa shape index (κ1) is 16.4. The summed E-state index contributed by atoms with van der Waals surface area (Å²) in [6, 6.07) is 5.30. The summed E-state index contributed by atoms with van der Waals surface area (Å²) < 4.78 is 48.7. The average molecular weight is 326 g/mol. The highest BCUT2D eigenvalue weighted by molar-refractivity contribution is 8.14. The highest BCUT2D eigenvalue weighted by atomic mass is 35.7. The molecule has 0 bridgehead atoms. The maximum atomic E-state index is 12.3. The van der Waals surface area contributed by atoms with Gasteiger partial charge in [-0.3, -0.25) is 0 Å². The zero-order valence-corrected chi connectivity index (χ0v) is 13.3. The Morgan fingerprint density at radius 1 is 1.11 bits per heavy atom. The Bertz CT molecular complexity index is 653. The predicted molar refractivity (Wildman–Crippen MR) is 74.1 cm³/mol. The third-order valence-electron chi connectivity index (χ3n) is 2.42. The summed E-state index contributed by atoms with van der Waals surface area (Å²) in [7, 11) is -1.31. The van der Waals surface area contributed by atoms with E-state index in [0.717, 1.165) is 4.31 Å². The van der Waals surface area contributed by atoms with Crippen molar-refractivity contribution in [2.45, 2.75) is 23.6 Å². The third kappa shape index (κ3) is 3.92. The second kappa shape index (κ2) is 5.78. The number of hydrogen-bond donors (Lipinski definition) is 0. The van der Waals surface area contributed by atoms with Gasteiger partial charge < -0.3 is 0 Å². The maximum Gasteiger partial charge on any atom is 0.262 e. The second-order valence-electron chi connectivity index (χ2n) is 4.56. The average Bonchev–Trinajstić information content (AvgIpc) is 2.27. The molecule has 108 valence electrons. The van der Waals surface area contributed by atoms with Gasteiger partial charge in [-0.2, -0.15) is 0 Å². The number of halogens is 1. The zero-order valence-electron chi connectivity index (χ0n) is 10.9. The molecule has 8 heteroatoms. The Balaban J connectivity index is 3.38. The lowest BCUT2D eigenvalue weighted by Crippen LogP contribution is -2.31. The van der Waals surface area contributed by atoms with Crippen molar-refractivity contribution in [2.24, 2.45) is 5.92 Å². The minimum Gasteiger partial charge on any atom is -0.207 e. The van der Waals surface area contributed by atoms with Crippen LogP contribution in [-0.2, 0) is 19.1 Å². The first-order valence-electron chi connectivity index (χ1n) is 5.57. The van der Waals surface area contributed by atoms with E-state index in [1.54, 1.807) is 0 Å². The van der Waals surface area contributed by atoms with E-state index in [2.05, 4.69) is 0 Å². The van der Waals surface area contributed by atoms with E-state index in [4.69, 9.17) is 10.7 Å². The molecule has 0 aliphatic carbocycles. The predicted octanol–water partition coefficient (Wildman–Crippen LogP) is 1.89. The zero-order chi connectivity index (χ0) is 14.8. The summed E-state index contributed by atoms with van der Waals surface area (Å²) in [5, 5.41) is 0. The molecule has 0 amide bonds. The van der Waals surface area contributed by atoms with Crippen LogP contribution in [0.15, 0.2) is 34.1 Å². The minimum absolute atomic E-state index is 0.125. The standard InChI is InChI=1S/C11H16ClNO4S2/c1-9(2)8-13(3)19(16,17)11-7-5-4-6-10(11)18(12,14)15/h4-7,9H,8H2,1-3H3. The van der Waals surface area contributed by atoms with Gasteiger partial charge in [0.15, 0.2) is 0 Å². The molecule has 0 fully saturated rings. The summed E-state index contributed by atoms with van der Waals surface area (Å²) in [5.74, 6) is 0.125. The van der Waals surface area contributed by atoms with Crippen LogP contribution in [0, 0.1) is 5.92 Å². The topological polar surface area (TPSA) is 71.5 Å². The highest BCUT2D eigenvalue weighted by Gasteiger charge is 2.28. The minimum atomic E-state index is -4.11. The van der Waals surface area contributed by atoms with Crippen LogP contribution < -0.4 is 0 Å². The number of sulfonamides is 1. The van der Waals surface area contributed by atoms with Crippen LogP contribution in [0.1, 0.15) is 13.8 Å². The van der Waals surface area contributed by atoms with Crippen molar-refractivity contribution < 1.29 is 16.8 Å². The lowest BCUT2D eigenvalue weighted by atomic mass is 10.2. The summed E-state index contributed by atoms with van der Waals surface area (Å²) in [5.41, 5.74) is 0. The van der Waals surface area contributed by atoms with Gasteiger partial charge in [0.25, 0.3) is 9.05 Å². The van der Waals surface area contributed by atoms with Gasteiger partial charge in [0.1, 0.15) is 9.79 Å². The van der Waals surface area contributed by atoms with Crippen molar-refractivity contribution in [2.75, 3.05) is 13.6 Å². The monoisotopic (exact) mass is 325 g/mol. The fraction of sp³-hybridized carbons (Fsp3) is 0.455. The van der Waals surface area contributed by atoms with Gasteiger partial charge >= 0.3 is 0 Å². The van der Waals surface area contributed by atoms with Crippen LogP contribution in [-0.4, -0.2) is 34.7 Å². The fourth-order valence-corrected chi connectivity index (χ4v) is 4.78. The van der Waals surface area contributed by atoms with E-state index < -0.39 is 24.0 Å². The van der Waals surface area contributed by atoms with Crippen LogP contribution in [0.2, 0.25) is 0 Å². The van der Waals surface area contributed by atoms with Crippen molar-refractivity contribution in [3.8, 4) is 0 Å². The van der Waals surface area contributed by atoms with Crippen LogP contribution in [0.5, 0.6) is 0 Å². The molecule has 0 saturated heterocycles. The Kier molecular flexibility index (Phi) is 5.00. The molecule has 0 unspecified atom stereocenters. The highest BCUT2D eigenvalue weighted by Crippen LogP contribution is 2.26. The van der Waals surface area contributed by atoms with Crippen molar-refractivity contribution in [3.63, 3.8) is 0 Å². The molecular formula is C11H16ClNO4S2. The lowest BCUT2D eigenvalue weighted by Gasteiger charge is -2.20. The smallest absolute Gasteiger partial charge is 0.207 e. The molecule has 0 aliphatic heterocycles. The molecule has 19 heavy (non-hydrogen) atoms. The molecule has 1 aromatic carbocycles. The van der Waals surface area contributed by atoms with Crippen LogP contribution in [0.4, 0.5) is 0 Å². The van der Waals surface area contributed by atoms with E-state index in [-0.39, 0.29) is 10.8 Å². The van der Waals surface area contributed by atoms with Gasteiger partial charge in [0, 0.05) is 24.3 Å². The molecule has 0 atom stereocenters. The van der Waals surface area contributed by atoms with Gasteiger partial charge in [-0.05, 0) is 18.1 Å². The second-order valence-corrected chi connectivity index (χ2v) is 9.11. The molecule has 0 aliphatic rings. The Labute approximate surface area is 118 Å². The Hall–Kier alpha value is -0.630. The summed E-state index contributed by atoms with van der Waals surface area (Å²) in [6.45, 7) is 4.03. The molecule has 5 nitrogen and oxygen atoms in total. The summed E-state index contributed by atoms with van der Waals surface area (Å²) in [4.78, 5) is -0.694. The number of rotatable bonds is 5. The van der Waals surface area contributed by atoms with E-state index in [1.165, 1.54) is 31.3 Å². The quantitative estimate of drug-likeness (QED) is 0.775. The van der Waals surface area contributed by atoms with E-state index in [0.29, 0.717) is 6.54 Å². The molecule has 0 radical (unpaired) electrons. The molecule has 0 aromatic heterocycles. The normalized spacial score (nSPS) is 13.2. The molecule has 1 rings (SSSR count). The van der Waals surface area contributed by atoms with Crippen molar-refractivity contribution >= 4 is 29.8 Å².